The average molecular weight is 252 g/mol. The van der Waals surface area contributed by atoms with E-state index in [0.29, 0.717) is 6.10 Å². The molecule has 0 spiro atoms. The van der Waals surface area contributed by atoms with Gasteiger partial charge in [-0.25, -0.2) is 0 Å². The van der Waals surface area contributed by atoms with Crippen molar-refractivity contribution in [2.45, 2.75) is 63.1 Å². The first-order valence-corrected chi connectivity index (χ1v) is 7.91. The van der Waals surface area contributed by atoms with Crippen LogP contribution in [0.3, 0.4) is 0 Å². The fourth-order valence-corrected chi connectivity index (χ4v) is 4.38. The summed E-state index contributed by atoms with van der Waals surface area (Å²) < 4.78 is 5.89. The van der Waals surface area contributed by atoms with Crippen molar-refractivity contribution in [1.82, 2.24) is 10.2 Å². The maximum absolute atomic E-state index is 5.89. The zero-order valence-corrected chi connectivity index (χ0v) is 11.7. The third kappa shape index (κ3) is 2.59. The Hall–Kier alpha value is -0.120. The Bertz CT molecular complexity index is 271. The van der Waals surface area contributed by atoms with Crippen molar-refractivity contribution >= 4 is 0 Å². The van der Waals surface area contributed by atoms with Crippen LogP contribution in [0.5, 0.6) is 0 Å². The van der Waals surface area contributed by atoms with Gasteiger partial charge in [-0.05, 0) is 58.0 Å². The number of morpholine rings is 1. The summed E-state index contributed by atoms with van der Waals surface area (Å²) in [4.78, 5) is 2.73. The van der Waals surface area contributed by atoms with Crippen LogP contribution in [0.2, 0.25) is 0 Å². The van der Waals surface area contributed by atoms with E-state index >= 15 is 0 Å². The summed E-state index contributed by atoms with van der Waals surface area (Å²) in [6.45, 7) is 3.42. The number of hydrogen-bond acceptors (Lipinski definition) is 3. The fourth-order valence-electron chi connectivity index (χ4n) is 4.38. The molecule has 1 aliphatic heterocycles. The van der Waals surface area contributed by atoms with Crippen molar-refractivity contribution < 1.29 is 4.74 Å². The predicted octanol–water partition coefficient (Wildman–Crippen LogP) is 2.02. The molecular weight excluding hydrogens is 224 g/mol. The van der Waals surface area contributed by atoms with Gasteiger partial charge in [-0.2, -0.15) is 0 Å². The van der Waals surface area contributed by atoms with E-state index in [1.165, 1.54) is 51.5 Å². The highest BCUT2D eigenvalue weighted by Gasteiger charge is 2.36. The van der Waals surface area contributed by atoms with Gasteiger partial charge in [0.2, 0.25) is 0 Å². The Labute approximate surface area is 111 Å². The molecule has 0 aromatic heterocycles. The molecule has 1 N–H and O–H groups in total. The lowest BCUT2D eigenvalue weighted by Gasteiger charge is -2.38. The maximum atomic E-state index is 5.89. The Morgan fingerprint density at radius 2 is 2.06 bits per heavy atom. The molecule has 2 saturated carbocycles. The second-order valence-electron chi connectivity index (χ2n) is 6.32. The van der Waals surface area contributed by atoms with E-state index in [-0.39, 0.29) is 0 Å². The van der Waals surface area contributed by atoms with Gasteiger partial charge in [0, 0.05) is 18.6 Å². The third-order valence-corrected chi connectivity index (χ3v) is 5.41. The number of nitrogens with one attached hydrogen (secondary N) is 1. The van der Waals surface area contributed by atoms with Gasteiger partial charge in [0.1, 0.15) is 0 Å². The molecule has 4 atom stereocenters. The van der Waals surface area contributed by atoms with Gasteiger partial charge in [0.05, 0.1) is 12.7 Å². The molecule has 0 aromatic carbocycles. The van der Waals surface area contributed by atoms with Gasteiger partial charge in [-0.3, -0.25) is 4.90 Å². The highest BCUT2D eigenvalue weighted by molar-refractivity contribution is 4.90. The zero-order chi connectivity index (χ0) is 12.4. The van der Waals surface area contributed by atoms with Crippen LogP contribution in [0.25, 0.3) is 0 Å². The molecule has 2 aliphatic carbocycles. The minimum atomic E-state index is 0.558. The van der Waals surface area contributed by atoms with Gasteiger partial charge in [0.15, 0.2) is 0 Å². The molecule has 1 saturated heterocycles. The number of ether oxygens (including phenoxy) is 1. The van der Waals surface area contributed by atoms with Gasteiger partial charge in [0.25, 0.3) is 0 Å². The average Bonchev–Trinajstić information content (AvgIpc) is 3.04. The van der Waals surface area contributed by atoms with Crippen LogP contribution in [-0.4, -0.2) is 49.8 Å². The molecule has 0 aromatic rings. The van der Waals surface area contributed by atoms with E-state index < -0.39 is 0 Å². The van der Waals surface area contributed by atoms with Crippen molar-refractivity contribution in [2.24, 2.45) is 5.92 Å². The molecule has 4 unspecified atom stereocenters. The quantitative estimate of drug-likeness (QED) is 0.828. The standard InChI is InChI=1S/C15H28N2O/c1-16-13-5-2-4-12(13)8-9-17-10-11-18-15-7-3-6-14(15)17/h12-16H,2-11H2,1H3. The molecule has 0 bridgehead atoms. The number of nitrogens with zero attached hydrogens (tertiary/aromatic N) is 1. The van der Waals surface area contributed by atoms with E-state index in [2.05, 4.69) is 17.3 Å². The van der Waals surface area contributed by atoms with Crippen LogP contribution >= 0.6 is 0 Å². The SMILES string of the molecule is CNC1CCCC1CCN1CCOC2CCCC21. The summed E-state index contributed by atoms with van der Waals surface area (Å²) in [7, 11) is 2.13. The van der Waals surface area contributed by atoms with Gasteiger partial charge in [-0.15, -0.1) is 0 Å². The molecule has 18 heavy (non-hydrogen) atoms. The van der Waals surface area contributed by atoms with Crippen molar-refractivity contribution in [1.29, 1.82) is 0 Å². The maximum Gasteiger partial charge on any atom is 0.0730 e. The molecule has 3 rings (SSSR count). The van der Waals surface area contributed by atoms with Gasteiger partial charge in [-0.1, -0.05) is 6.42 Å². The number of hydrogen-bond donors (Lipinski definition) is 1. The first kappa shape index (κ1) is 12.9. The van der Waals surface area contributed by atoms with E-state index in [1.807, 2.05) is 0 Å². The Morgan fingerprint density at radius 1 is 1.17 bits per heavy atom. The van der Waals surface area contributed by atoms with Crippen LogP contribution < -0.4 is 5.32 Å². The molecule has 3 heteroatoms. The summed E-state index contributed by atoms with van der Waals surface area (Å²) in [5.74, 6) is 0.915. The van der Waals surface area contributed by atoms with E-state index in [0.717, 1.165) is 31.2 Å². The lowest BCUT2D eigenvalue weighted by atomic mass is 9.98. The molecule has 3 aliphatic rings. The lowest BCUT2D eigenvalue weighted by Crippen LogP contribution is -2.49. The molecule has 3 nitrogen and oxygen atoms in total. The Morgan fingerprint density at radius 3 is 2.94 bits per heavy atom. The molecule has 0 amide bonds. The van der Waals surface area contributed by atoms with E-state index in [9.17, 15) is 0 Å². The smallest absolute Gasteiger partial charge is 0.0730 e. The molecule has 1 heterocycles. The van der Waals surface area contributed by atoms with Crippen molar-refractivity contribution in [2.75, 3.05) is 26.7 Å². The predicted molar refractivity (Wildman–Crippen MR) is 73.8 cm³/mol. The van der Waals surface area contributed by atoms with Crippen molar-refractivity contribution in [3.63, 3.8) is 0 Å². The largest absolute Gasteiger partial charge is 0.375 e. The zero-order valence-electron chi connectivity index (χ0n) is 11.7. The fraction of sp³-hybridized carbons (Fsp3) is 1.00. The molecule has 3 fully saturated rings. The summed E-state index contributed by atoms with van der Waals surface area (Å²) in [5, 5.41) is 3.50. The summed E-state index contributed by atoms with van der Waals surface area (Å²) >= 11 is 0. The lowest BCUT2D eigenvalue weighted by molar-refractivity contribution is -0.0570. The number of rotatable bonds is 4. The highest BCUT2D eigenvalue weighted by atomic mass is 16.5. The van der Waals surface area contributed by atoms with E-state index in [1.54, 1.807) is 0 Å². The first-order chi connectivity index (χ1) is 8.88. The monoisotopic (exact) mass is 252 g/mol. The van der Waals surface area contributed by atoms with Crippen LogP contribution in [-0.2, 0) is 4.74 Å². The molecule has 0 radical (unpaired) electrons. The van der Waals surface area contributed by atoms with Crippen LogP contribution in [0.4, 0.5) is 0 Å². The summed E-state index contributed by atoms with van der Waals surface area (Å²) in [6.07, 6.45) is 10.2. The van der Waals surface area contributed by atoms with Crippen LogP contribution in [0, 0.1) is 5.92 Å². The topological polar surface area (TPSA) is 24.5 Å². The van der Waals surface area contributed by atoms with E-state index in [4.69, 9.17) is 4.74 Å². The molecular formula is C15H28N2O. The Kier molecular flexibility index (Phi) is 4.22. The van der Waals surface area contributed by atoms with Crippen molar-refractivity contribution in [3.05, 3.63) is 0 Å². The second kappa shape index (κ2) is 5.89. The molecule has 104 valence electrons. The third-order valence-electron chi connectivity index (χ3n) is 5.41. The highest BCUT2D eigenvalue weighted by Crippen LogP contribution is 2.32. The van der Waals surface area contributed by atoms with Gasteiger partial charge >= 0.3 is 0 Å². The number of fused-ring (bicyclic) bond motifs is 1. The first-order valence-electron chi connectivity index (χ1n) is 7.91. The summed E-state index contributed by atoms with van der Waals surface area (Å²) in [5.41, 5.74) is 0. The van der Waals surface area contributed by atoms with Crippen molar-refractivity contribution in [3.8, 4) is 0 Å². The van der Waals surface area contributed by atoms with Gasteiger partial charge < -0.3 is 10.1 Å². The van der Waals surface area contributed by atoms with Crippen LogP contribution in [0.15, 0.2) is 0 Å². The Balaban J connectivity index is 1.50. The minimum Gasteiger partial charge on any atom is -0.375 e. The summed E-state index contributed by atoms with van der Waals surface area (Å²) in [6, 6.07) is 1.53. The second-order valence-corrected chi connectivity index (χ2v) is 6.32. The normalized spacial score (nSPS) is 41.2. The van der Waals surface area contributed by atoms with Crippen LogP contribution in [0.1, 0.15) is 44.9 Å². The minimum absolute atomic E-state index is 0.558.